The molecule has 32 heavy (non-hydrogen) atoms. The molecule has 1 aromatic carbocycles. The molecule has 1 N–H and O–H groups in total. The number of amides is 2. The molecule has 0 bridgehead atoms. The summed E-state index contributed by atoms with van der Waals surface area (Å²) >= 11 is 5.84. The van der Waals surface area contributed by atoms with Crippen molar-refractivity contribution in [2.45, 2.75) is 26.1 Å². The van der Waals surface area contributed by atoms with Gasteiger partial charge in [0.2, 0.25) is 0 Å². The molecule has 166 valence electrons. The standard InChI is InChI=1S/C21H17ClF3N5O2/c1-11-5-6-26-9-17(11)28-19(31)14-8-27-30-12(2)10-29(20(32)18(14)30)13-3-4-15(16(22)7-13)21(23,24)25/h3-9,12H,10H2,1-2H3,(H,28,31)/t12-/m0/s1. The number of benzene rings is 1. The third-order valence-electron chi connectivity index (χ3n) is 5.21. The van der Waals surface area contributed by atoms with E-state index in [1.807, 2.05) is 0 Å². The number of nitrogens with one attached hydrogen (secondary N) is 1. The molecule has 4 rings (SSSR count). The van der Waals surface area contributed by atoms with E-state index < -0.39 is 28.6 Å². The highest BCUT2D eigenvalue weighted by Crippen LogP contribution is 2.37. The topological polar surface area (TPSA) is 80.1 Å². The Balaban J connectivity index is 1.68. The number of aryl methyl sites for hydroxylation is 1. The zero-order valence-electron chi connectivity index (χ0n) is 16.9. The molecule has 11 heteroatoms. The fourth-order valence-corrected chi connectivity index (χ4v) is 3.82. The van der Waals surface area contributed by atoms with Crippen LogP contribution in [0.1, 0.15) is 44.9 Å². The van der Waals surface area contributed by atoms with Crippen molar-refractivity contribution in [3.63, 3.8) is 0 Å². The van der Waals surface area contributed by atoms with Crippen molar-refractivity contribution in [2.75, 3.05) is 16.8 Å². The number of carbonyl (C=O) groups excluding carboxylic acids is 2. The molecule has 0 fully saturated rings. The monoisotopic (exact) mass is 463 g/mol. The van der Waals surface area contributed by atoms with E-state index in [1.165, 1.54) is 28.0 Å². The van der Waals surface area contributed by atoms with Crippen LogP contribution in [0.25, 0.3) is 0 Å². The smallest absolute Gasteiger partial charge is 0.320 e. The molecule has 1 aliphatic rings. The Kier molecular flexibility index (Phi) is 5.41. The number of anilines is 2. The molecule has 0 unspecified atom stereocenters. The van der Waals surface area contributed by atoms with Gasteiger partial charge in [-0.15, -0.1) is 0 Å². The van der Waals surface area contributed by atoms with Crippen LogP contribution in [0.15, 0.2) is 42.9 Å². The minimum Gasteiger partial charge on any atom is -0.320 e. The van der Waals surface area contributed by atoms with Crippen LogP contribution >= 0.6 is 11.6 Å². The summed E-state index contributed by atoms with van der Waals surface area (Å²) in [4.78, 5) is 31.4. The minimum absolute atomic E-state index is 0.0406. The predicted molar refractivity (Wildman–Crippen MR) is 112 cm³/mol. The Labute approximate surface area is 185 Å². The van der Waals surface area contributed by atoms with Crippen molar-refractivity contribution in [1.82, 2.24) is 14.8 Å². The highest BCUT2D eigenvalue weighted by atomic mass is 35.5. The first-order chi connectivity index (χ1) is 15.1. The first-order valence-corrected chi connectivity index (χ1v) is 9.93. The van der Waals surface area contributed by atoms with Crippen molar-refractivity contribution >= 4 is 34.8 Å². The van der Waals surface area contributed by atoms with Crippen LogP contribution in [-0.2, 0) is 6.18 Å². The molecule has 7 nitrogen and oxygen atoms in total. The van der Waals surface area contributed by atoms with Crippen molar-refractivity contribution in [3.8, 4) is 0 Å². The molecular formula is C21H17ClF3N5O2. The highest BCUT2D eigenvalue weighted by molar-refractivity contribution is 6.32. The van der Waals surface area contributed by atoms with Gasteiger partial charge in [-0.2, -0.15) is 18.3 Å². The summed E-state index contributed by atoms with van der Waals surface area (Å²) in [6.45, 7) is 3.74. The molecule has 0 saturated carbocycles. The van der Waals surface area contributed by atoms with E-state index in [0.29, 0.717) is 5.69 Å². The second-order valence-electron chi connectivity index (χ2n) is 7.42. The van der Waals surface area contributed by atoms with Crippen molar-refractivity contribution in [1.29, 1.82) is 0 Å². The molecule has 3 aromatic rings. The maximum absolute atomic E-state index is 13.3. The van der Waals surface area contributed by atoms with E-state index in [1.54, 1.807) is 26.1 Å². The predicted octanol–water partition coefficient (Wildman–Crippen LogP) is 4.73. The summed E-state index contributed by atoms with van der Waals surface area (Å²) in [6.07, 6.45) is -0.230. The van der Waals surface area contributed by atoms with Gasteiger partial charge in [-0.1, -0.05) is 11.6 Å². The molecule has 0 spiro atoms. The van der Waals surface area contributed by atoms with Gasteiger partial charge < -0.3 is 10.2 Å². The third kappa shape index (κ3) is 3.81. The van der Waals surface area contributed by atoms with E-state index in [4.69, 9.17) is 11.6 Å². The average molecular weight is 464 g/mol. The third-order valence-corrected chi connectivity index (χ3v) is 5.52. The van der Waals surface area contributed by atoms with Crippen LogP contribution < -0.4 is 10.2 Å². The van der Waals surface area contributed by atoms with Crippen molar-refractivity contribution < 1.29 is 22.8 Å². The number of hydrogen-bond acceptors (Lipinski definition) is 4. The number of carbonyl (C=O) groups is 2. The van der Waals surface area contributed by atoms with Crippen LogP contribution in [-0.4, -0.2) is 33.1 Å². The van der Waals surface area contributed by atoms with E-state index >= 15 is 0 Å². The van der Waals surface area contributed by atoms with Crippen LogP contribution in [0.4, 0.5) is 24.5 Å². The second-order valence-corrected chi connectivity index (χ2v) is 7.83. The number of halogens is 4. The lowest BCUT2D eigenvalue weighted by Crippen LogP contribution is -2.43. The van der Waals surface area contributed by atoms with Gasteiger partial charge in [-0.25, -0.2) is 0 Å². The lowest BCUT2D eigenvalue weighted by atomic mass is 10.1. The molecule has 1 atom stereocenters. The van der Waals surface area contributed by atoms with Crippen LogP contribution in [0.3, 0.4) is 0 Å². The number of nitrogens with zero attached hydrogens (tertiary/aromatic N) is 4. The number of pyridine rings is 1. The summed E-state index contributed by atoms with van der Waals surface area (Å²) in [6, 6.07) is 4.52. The summed E-state index contributed by atoms with van der Waals surface area (Å²) in [7, 11) is 0. The molecule has 2 amide bonds. The fraction of sp³-hybridized carbons (Fsp3) is 0.238. The number of alkyl halides is 3. The number of hydrogen-bond donors (Lipinski definition) is 1. The Bertz CT molecular complexity index is 1220. The SMILES string of the molecule is Cc1ccncc1NC(=O)c1cnn2c1C(=O)N(c1ccc(C(F)(F)F)c(Cl)c1)C[C@@H]2C. The summed E-state index contributed by atoms with van der Waals surface area (Å²) in [5.41, 5.74) is 0.570. The summed E-state index contributed by atoms with van der Waals surface area (Å²) in [5.74, 6) is -1.11. The van der Waals surface area contributed by atoms with Gasteiger partial charge in [0, 0.05) is 18.4 Å². The van der Waals surface area contributed by atoms with E-state index in [9.17, 15) is 22.8 Å². The quantitative estimate of drug-likeness (QED) is 0.609. The zero-order chi connectivity index (χ0) is 23.2. The van der Waals surface area contributed by atoms with Gasteiger partial charge >= 0.3 is 6.18 Å². The van der Waals surface area contributed by atoms with Crippen LogP contribution in [0.5, 0.6) is 0 Å². The summed E-state index contributed by atoms with van der Waals surface area (Å²) < 4.78 is 40.6. The maximum Gasteiger partial charge on any atom is 0.417 e. The molecule has 0 saturated heterocycles. The maximum atomic E-state index is 13.3. The Morgan fingerprint density at radius 1 is 1.25 bits per heavy atom. The van der Waals surface area contributed by atoms with Gasteiger partial charge in [0.15, 0.2) is 0 Å². The normalized spacial score (nSPS) is 16.1. The Morgan fingerprint density at radius 3 is 2.66 bits per heavy atom. The van der Waals surface area contributed by atoms with Gasteiger partial charge in [-0.3, -0.25) is 19.3 Å². The molecular weight excluding hydrogens is 447 g/mol. The average Bonchev–Trinajstić information content (AvgIpc) is 3.17. The molecule has 0 aliphatic carbocycles. The van der Waals surface area contributed by atoms with Crippen LogP contribution in [0, 0.1) is 6.92 Å². The fourth-order valence-electron chi connectivity index (χ4n) is 3.54. The molecule has 2 aromatic heterocycles. The van der Waals surface area contributed by atoms with E-state index in [0.717, 1.165) is 17.7 Å². The number of fused-ring (bicyclic) bond motifs is 1. The lowest BCUT2D eigenvalue weighted by molar-refractivity contribution is -0.137. The molecule has 3 heterocycles. The Morgan fingerprint density at radius 2 is 2.00 bits per heavy atom. The zero-order valence-corrected chi connectivity index (χ0v) is 17.7. The largest absolute Gasteiger partial charge is 0.417 e. The highest BCUT2D eigenvalue weighted by Gasteiger charge is 2.37. The Hall–Kier alpha value is -3.40. The number of rotatable bonds is 3. The van der Waals surface area contributed by atoms with E-state index in [2.05, 4.69) is 15.4 Å². The lowest BCUT2D eigenvalue weighted by Gasteiger charge is -2.32. The van der Waals surface area contributed by atoms with Gasteiger partial charge in [0.05, 0.1) is 40.3 Å². The first-order valence-electron chi connectivity index (χ1n) is 9.56. The van der Waals surface area contributed by atoms with Gasteiger partial charge in [0.1, 0.15) is 5.69 Å². The van der Waals surface area contributed by atoms with Crippen molar-refractivity contribution in [3.05, 3.63) is 70.3 Å². The minimum atomic E-state index is -4.61. The second kappa shape index (κ2) is 7.94. The number of aromatic nitrogens is 3. The van der Waals surface area contributed by atoms with E-state index in [-0.39, 0.29) is 29.5 Å². The van der Waals surface area contributed by atoms with Crippen molar-refractivity contribution in [2.24, 2.45) is 0 Å². The van der Waals surface area contributed by atoms with Crippen LogP contribution in [0.2, 0.25) is 5.02 Å². The first kappa shape index (κ1) is 21.8. The van der Waals surface area contributed by atoms with Gasteiger partial charge in [0.25, 0.3) is 11.8 Å². The van der Waals surface area contributed by atoms with Gasteiger partial charge in [-0.05, 0) is 43.7 Å². The summed E-state index contributed by atoms with van der Waals surface area (Å²) in [5, 5.41) is 6.38. The molecule has 0 radical (unpaired) electrons. The molecule has 1 aliphatic heterocycles.